The molecule has 0 unspecified atom stereocenters. The summed E-state index contributed by atoms with van der Waals surface area (Å²) in [6, 6.07) is 19.1. The Kier molecular flexibility index (Phi) is 4.80. The lowest BCUT2D eigenvalue weighted by atomic mass is 10.1. The van der Waals surface area contributed by atoms with E-state index in [0.29, 0.717) is 0 Å². The van der Waals surface area contributed by atoms with Gasteiger partial charge >= 0.3 is 0 Å². The predicted molar refractivity (Wildman–Crippen MR) is 120 cm³/mol. The van der Waals surface area contributed by atoms with Crippen LogP contribution < -0.4 is 15.1 Å². The zero-order valence-electron chi connectivity index (χ0n) is 16.9. The van der Waals surface area contributed by atoms with E-state index < -0.39 is 0 Å². The Morgan fingerprint density at radius 2 is 1.66 bits per heavy atom. The molecule has 0 spiro atoms. The normalized spacial score (nSPS) is 16.0. The van der Waals surface area contributed by atoms with E-state index in [9.17, 15) is 0 Å². The largest absolute Gasteiger partial charge is 0.356 e. The first-order valence-electron chi connectivity index (χ1n) is 10.6. The number of fused-ring (bicyclic) bond motifs is 1. The third-order valence-corrected chi connectivity index (χ3v) is 5.83. The number of anilines is 5. The van der Waals surface area contributed by atoms with E-state index in [2.05, 4.69) is 76.6 Å². The molecule has 148 valence electrons. The highest BCUT2D eigenvalue weighted by molar-refractivity contribution is 5.69. The molecule has 0 saturated carbocycles. The maximum absolute atomic E-state index is 4.99. The highest BCUT2D eigenvalue weighted by atomic mass is 15.3. The zero-order valence-corrected chi connectivity index (χ0v) is 16.9. The molecule has 2 aliphatic heterocycles. The Morgan fingerprint density at radius 1 is 0.862 bits per heavy atom. The number of rotatable bonds is 4. The summed E-state index contributed by atoms with van der Waals surface area (Å²) in [6.07, 6.45) is 4.80. The first kappa shape index (κ1) is 18.0. The van der Waals surface area contributed by atoms with Crippen LogP contribution in [0.2, 0.25) is 0 Å². The van der Waals surface area contributed by atoms with Crippen molar-refractivity contribution < 1.29 is 0 Å². The topological polar surface area (TPSA) is 44.3 Å². The van der Waals surface area contributed by atoms with Crippen LogP contribution in [-0.2, 0) is 6.42 Å². The van der Waals surface area contributed by atoms with E-state index in [4.69, 9.17) is 9.97 Å². The summed E-state index contributed by atoms with van der Waals surface area (Å²) >= 11 is 0. The molecule has 0 atom stereocenters. The lowest BCUT2D eigenvalue weighted by Crippen LogP contribution is -2.31. The molecule has 0 bridgehead atoms. The molecular formula is C24H27N5. The third-order valence-electron chi connectivity index (χ3n) is 5.83. The molecule has 5 nitrogen and oxygen atoms in total. The molecule has 1 fully saturated rings. The van der Waals surface area contributed by atoms with E-state index in [1.807, 2.05) is 0 Å². The van der Waals surface area contributed by atoms with E-state index in [-0.39, 0.29) is 0 Å². The van der Waals surface area contributed by atoms with Crippen LogP contribution in [0.1, 0.15) is 30.4 Å². The van der Waals surface area contributed by atoms with Gasteiger partial charge in [-0.2, -0.15) is 9.97 Å². The lowest BCUT2D eigenvalue weighted by Gasteiger charge is -2.29. The van der Waals surface area contributed by atoms with Crippen molar-refractivity contribution >= 4 is 29.0 Å². The monoisotopic (exact) mass is 385 g/mol. The fourth-order valence-corrected chi connectivity index (χ4v) is 4.22. The summed E-state index contributed by atoms with van der Waals surface area (Å²) in [6.45, 7) is 5.16. The summed E-state index contributed by atoms with van der Waals surface area (Å²) in [5, 5.41) is 3.49. The second kappa shape index (κ2) is 7.74. The fraction of sp³-hybridized carbons (Fsp3) is 0.333. The van der Waals surface area contributed by atoms with Gasteiger partial charge in [-0.25, -0.2) is 0 Å². The van der Waals surface area contributed by atoms with Gasteiger partial charge in [-0.15, -0.1) is 0 Å². The molecule has 5 rings (SSSR count). The van der Waals surface area contributed by atoms with Gasteiger partial charge in [0.2, 0.25) is 5.95 Å². The van der Waals surface area contributed by atoms with Gasteiger partial charge in [-0.1, -0.05) is 35.9 Å². The minimum absolute atomic E-state index is 0.785. The van der Waals surface area contributed by atoms with Crippen LogP contribution in [0, 0.1) is 6.92 Å². The van der Waals surface area contributed by atoms with Crippen LogP contribution in [0.4, 0.5) is 29.0 Å². The molecule has 0 amide bonds. The standard InChI is InChI=1S/C24H27N5/c1-18-9-11-20(12-10-18)25-22-17-23(28-14-5-2-6-15-28)27-24(26-22)29-16-13-19-7-3-4-8-21(19)29/h3-4,7-12,17H,2,5-6,13-16H2,1H3,(H,25,26,27). The molecule has 3 heterocycles. The summed E-state index contributed by atoms with van der Waals surface area (Å²) in [7, 11) is 0. The number of piperidine rings is 1. The van der Waals surface area contributed by atoms with Gasteiger partial charge < -0.3 is 15.1 Å². The Balaban J connectivity index is 1.52. The van der Waals surface area contributed by atoms with Gasteiger partial charge in [0.15, 0.2) is 0 Å². The van der Waals surface area contributed by atoms with Gasteiger partial charge in [-0.05, 0) is 56.4 Å². The number of benzene rings is 2. The first-order chi connectivity index (χ1) is 14.3. The Hall–Kier alpha value is -3.08. The minimum Gasteiger partial charge on any atom is -0.356 e. The average Bonchev–Trinajstić information content (AvgIpc) is 3.20. The van der Waals surface area contributed by atoms with Crippen LogP contribution in [-0.4, -0.2) is 29.6 Å². The lowest BCUT2D eigenvalue weighted by molar-refractivity contribution is 0.573. The zero-order chi connectivity index (χ0) is 19.6. The van der Waals surface area contributed by atoms with Crippen LogP contribution >= 0.6 is 0 Å². The van der Waals surface area contributed by atoms with Crippen molar-refractivity contribution in [3.63, 3.8) is 0 Å². The highest BCUT2D eigenvalue weighted by Crippen LogP contribution is 2.34. The number of nitrogens with one attached hydrogen (secondary N) is 1. The molecule has 2 aliphatic rings. The highest BCUT2D eigenvalue weighted by Gasteiger charge is 2.24. The van der Waals surface area contributed by atoms with E-state index in [1.54, 1.807) is 0 Å². The van der Waals surface area contributed by atoms with Crippen LogP contribution in [0.15, 0.2) is 54.6 Å². The van der Waals surface area contributed by atoms with Crippen molar-refractivity contribution in [1.29, 1.82) is 0 Å². The van der Waals surface area contributed by atoms with E-state index in [1.165, 1.54) is 36.1 Å². The molecule has 3 aromatic rings. The SMILES string of the molecule is Cc1ccc(Nc2cc(N3CCCCC3)nc(N3CCc4ccccc43)n2)cc1. The first-order valence-corrected chi connectivity index (χ1v) is 10.6. The van der Waals surface area contributed by atoms with E-state index >= 15 is 0 Å². The van der Waals surface area contributed by atoms with Gasteiger partial charge in [-0.3, -0.25) is 0 Å². The Labute approximate surface area is 172 Å². The minimum atomic E-state index is 0.785. The van der Waals surface area contributed by atoms with Crippen molar-refractivity contribution in [2.24, 2.45) is 0 Å². The summed E-state index contributed by atoms with van der Waals surface area (Å²) in [5.41, 5.74) is 4.89. The number of hydrogen-bond acceptors (Lipinski definition) is 5. The number of nitrogens with zero attached hydrogens (tertiary/aromatic N) is 4. The van der Waals surface area contributed by atoms with Crippen molar-refractivity contribution in [3.8, 4) is 0 Å². The van der Waals surface area contributed by atoms with Crippen LogP contribution in [0.25, 0.3) is 0 Å². The molecule has 5 heteroatoms. The molecule has 1 saturated heterocycles. The molecule has 0 aliphatic carbocycles. The van der Waals surface area contributed by atoms with Crippen molar-refractivity contribution in [1.82, 2.24) is 9.97 Å². The van der Waals surface area contributed by atoms with Gasteiger partial charge in [0.25, 0.3) is 0 Å². The van der Waals surface area contributed by atoms with Crippen molar-refractivity contribution in [2.75, 3.05) is 34.8 Å². The molecule has 1 N–H and O–H groups in total. The van der Waals surface area contributed by atoms with E-state index in [0.717, 1.165) is 49.3 Å². The molecule has 0 radical (unpaired) electrons. The maximum atomic E-state index is 4.99. The molecule has 29 heavy (non-hydrogen) atoms. The summed E-state index contributed by atoms with van der Waals surface area (Å²) in [5.74, 6) is 2.66. The fourth-order valence-electron chi connectivity index (χ4n) is 4.22. The average molecular weight is 386 g/mol. The summed E-state index contributed by atoms with van der Waals surface area (Å²) < 4.78 is 0. The predicted octanol–water partition coefficient (Wildman–Crippen LogP) is 5.21. The van der Waals surface area contributed by atoms with Crippen LogP contribution in [0.3, 0.4) is 0 Å². The number of hydrogen-bond donors (Lipinski definition) is 1. The molecule has 2 aromatic carbocycles. The Bertz CT molecular complexity index is 992. The summed E-state index contributed by atoms with van der Waals surface area (Å²) in [4.78, 5) is 14.6. The van der Waals surface area contributed by atoms with Crippen molar-refractivity contribution in [3.05, 3.63) is 65.7 Å². The number of aryl methyl sites for hydroxylation is 1. The Morgan fingerprint density at radius 3 is 2.48 bits per heavy atom. The van der Waals surface area contributed by atoms with Gasteiger partial charge in [0, 0.05) is 37.1 Å². The van der Waals surface area contributed by atoms with Crippen LogP contribution in [0.5, 0.6) is 0 Å². The number of para-hydroxylation sites is 1. The molecular weight excluding hydrogens is 358 g/mol. The number of aromatic nitrogens is 2. The maximum Gasteiger partial charge on any atom is 0.233 e. The van der Waals surface area contributed by atoms with Crippen molar-refractivity contribution in [2.45, 2.75) is 32.6 Å². The second-order valence-electron chi connectivity index (χ2n) is 7.98. The van der Waals surface area contributed by atoms with Gasteiger partial charge in [0.05, 0.1) is 0 Å². The third kappa shape index (κ3) is 3.77. The smallest absolute Gasteiger partial charge is 0.233 e. The van der Waals surface area contributed by atoms with Gasteiger partial charge in [0.1, 0.15) is 11.6 Å². The quantitative estimate of drug-likeness (QED) is 0.668. The second-order valence-corrected chi connectivity index (χ2v) is 7.98. The molecule has 1 aromatic heterocycles.